The first-order valence-electron chi connectivity index (χ1n) is 7.96. The number of benzene rings is 2. The van der Waals surface area contributed by atoms with Crippen molar-refractivity contribution in [1.82, 2.24) is 9.97 Å². The molecule has 4 aromatic rings. The zero-order chi connectivity index (χ0) is 16.9. The van der Waals surface area contributed by atoms with Gasteiger partial charge in [0.25, 0.3) is 0 Å². The van der Waals surface area contributed by atoms with E-state index in [1.54, 1.807) is 12.5 Å². The van der Waals surface area contributed by atoms with Crippen LogP contribution in [0.25, 0.3) is 22.9 Å². The van der Waals surface area contributed by atoms with Crippen molar-refractivity contribution in [2.45, 2.75) is 13.2 Å². The Balaban J connectivity index is 1.34. The van der Waals surface area contributed by atoms with Gasteiger partial charge in [0, 0.05) is 11.1 Å². The molecule has 2 aromatic heterocycles. The average Bonchev–Trinajstić information content (AvgIpc) is 3.33. The van der Waals surface area contributed by atoms with E-state index in [9.17, 15) is 0 Å². The van der Waals surface area contributed by atoms with Crippen molar-refractivity contribution in [2.24, 2.45) is 0 Å². The summed E-state index contributed by atoms with van der Waals surface area (Å²) in [6, 6.07) is 19.5. The van der Waals surface area contributed by atoms with Crippen LogP contribution in [0.1, 0.15) is 11.4 Å². The van der Waals surface area contributed by atoms with Crippen molar-refractivity contribution < 1.29 is 13.6 Å². The first-order valence-corrected chi connectivity index (χ1v) is 7.96. The molecule has 0 aliphatic heterocycles. The van der Waals surface area contributed by atoms with Gasteiger partial charge >= 0.3 is 0 Å². The second-order valence-electron chi connectivity index (χ2n) is 5.51. The summed E-state index contributed by atoms with van der Waals surface area (Å²) >= 11 is 0. The molecule has 2 aromatic carbocycles. The van der Waals surface area contributed by atoms with Crippen molar-refractivity contribution in [3.63, 3.8) is 0 Å². The number of rotatable bonds is 6. The monoisotopic (exact) mass is 332 g/mol. The molecule has 25 heavy (non-hydrogen) atoms. The fourth-order valence-corrected chi connectivity index (χ4v) is 2.43. The highest BCUT2D eigenvalue weighted by Crippen LogP contribution is 2.20. The topological polar surface area (TPSA) is 61.3 Å². The molecule has 2 heterocycles. The zero-order valence-corrected chi connectivity index (χ0v) is 13.5. The summed E-state index contributed by atoms with van der Waals surface area (Å²) < 4.78 is 16.6. The molecule has 0 N–H and O–H groups in total. The molecule has 0 unspecified atom stereocenters. The van der Waals surface area contributed by atoms with Crippen molar-refractivity contribution in [1.29, 1.82) is 0 Å². The Morgan fingerprint density at radius 3 is 1.52 bits per heavy atom. The van der Waals surface area contributed by atoms with E-state index in [4.69, 9.17) is 13.6 Å². The van der Waals surface area contributed by atoms with E-state index in [-0.39, 0.29) is 0 Å². The third-order valence-electron chi connectivity index (χ3n) is 3.64. The van der Waals surface area contributed by atoms with Gasteiger partial charge in [0.15, 0.2) is 0 Å². The maximum Gasteiger partial charge on any atom is 0.226 e. The lowest BCUT2D eigenvalue weighted by Gasteiger charge is -1.97. The normalized spacial score (nSPS) is 10.9. The zero-order valence-electron chi connectivity index (χ0n) is 13.5. The number of ether oxygens (including phenoxy) is 1. The molecule has 5 nitrogen and oxygen atoms in total. The Bertz CT molecular complexity index is 852. The van der Waals surface area contributed by atoms with Crippen LogP contribution in [-0.2, 0) is 18.0 Å². The third-order valence-corrected chi connectivity index (χ3v) is 3.64. The first-order chi connectivity index (χ1) is 12.4. The van der Waals surface area contributed by atoms with Crippen LogP contribution in [-0.4, -0.2) is 9.97 Å². The van der Waals surface area contributed by atoms with Crippen molar-refractivity contribution >= 4 is 0 Å². The minimum Gasteiger partial charge on any atom is -0.444 e. The van der Waals surface area contributed by atoms with Crippen LogP contribution in [0.4, 0.5) is 0 Å². The summed E-state index contributed by atoms with van der Waals surface area (Å²) in [6.45, 7) is 0.702. The molecule has 0 bridgehead atoms. The van der Waals surface area contributed by atoms with Crippen molar-refractivity contribution in [2.75, 3.05) is 0 Å². The summed E-state index contributed by atoms with van der Waals surface area (Å²) in [7, 11) is 0. The molecule has 4 rings (SSSR count). The minimum atomic E-state index is 0.351. The van der Waals surface area contributed by atoms with Gasteiger partial charge < -0.3 is 13.6 Å². The summed E-state index contributed by atoms with van der Waals surface area (Å²) in [6.07, 6.45) is 3.22. The van der Waals surface area contributed by atoms with Gasteiger partial charge in [-0.1, -0.05) is 36.4 Å². The van der Waals surface area contributed by atoms with E-state index in [0.29, 0.717) is 25.0 Å². The van der Waals surface area contributed by atoms with Gasteiger partial charge in [0.05, 0.1) is 13.2 Å². The molecule has 0 saturated carbocycles. The predicted octanol–water partition coefficient (Wildman–Crippen LogP) is 4.71. The number of nitrogens with zero attached hydrogens (tertiary/aromatic N) is 2. The van der Waals surface area contributed by atoms with Crippen LogP contribution < -0.4 is 0 Å². The molecular weight excluding hydrogens is 316 g/mol. The predicted molar refractivity (Wildman–Crippen MR) is 92.4 cm³/mol. The molecule has 0 aliphatic carbocycles. The molecular formula is C20H16N2O3. The fraction of sp³-hybridized carbons (Fsp3) is 0.100. The van der Waals surface area contributed by atoms with Crippen LogP contribution in [0, 0.1) is 0 Å². The SMILES string of the molecule is c1ccc(-c2nc(COCc3coc(-c4ccccc4)n3)co2)cc1. The van der Waals surface area contributed by atoms with E-state index in [1.165, 1.54) is 0 Å². The van der Waals surface area contributed by atoms with Crippen LogP contribution in [0.15, 0.2) is 82.0 Å². The molecule has 0 fully saturated rings. The van der Waals surface area contributed by atoms with Gasteiger partial charge in [-0.3, -0.25) is 0 Å². The van der Waals surface area contributed by atoms with Crippen molar-refractivity contribution in [3.8, 4) is 22.9 Å². The van der Waals surface area contributed by atoms with Crippen LogP contribution in [0.3, 0.4) is 0 Å². The minimum absolute atomic E-state index is 0.351. The highest BCUT2D eigenvalue weighted by atomic mass is 16.5. The van der Waals surface area contributed by atoms with E-state index in [0.717, 1.165) is 22.5 Å². The molecule has 0 atom stereocenters. The van der Waals surface area contributed by atoms with Crippen LogP contribution >= 0.6 is 0 Å². The van der Waals surface area contributed by atoms with Gasteiger partial charge in [-0.25, -0.2) is 9.97 Å². The quantitative estimate of drug-likeness (QED) is 0.511. The summed E-state index contributed by atoms with van der Waals surface area (Å²) in [5.41, 5.74) is 3.37. The van der Waals surface area contributed by atoms with E-state index >= 15 is 0 Å². The lowest BCUT2D eigenvalue weighted by atomic mass is 10.2. The number of hydrogen-bond donors (Lipinski definition) is 0. The average molecular weight is 332 g/mol. The highest BCUT2D eigenvalue weighted by Gasteiger charge is 2.09. The second kappa shape index (κ2) is 7.15. The van der Waals surface area contributed by atoms with E-state index < -0.39 is 0 Å². The van der Waals surface area contributed by atoms with Gasteiger partial charge in [-0.2, -0.15) is 0 Å². The summed E-state index contributed by atoms with van der Waals surface area (Å²) in [5, 5.41) is 0. The molecule has 124 valence electrons. The fourth-order valence-electron chi connectivity index (χ4n) is 2.43. The molecule has 0 amide bonds. The van der Waals surface area contributed by atoms with Crippen molar-refractivity contribution in [3.05, 3.63) is 84.6 Å². The number of oxazole rings is 2. The number of aromatic nitrogens is 2. The maximum atomic E-state index is 5.66. The third kappa shape index (κ3) is 3.67. The Labute approximate surface area is 144 Å². The van der Waals surface area contributed by atoms with Gasteiger partial charge in [0.2, 0.25) is 11.8 Å². The maximum absolute atomic E-state index is 5.66. The molecule has 0 radical (unpaired) electrons. The highest BCUT2D eigenvalue weighted by molar-refractivity contribution is 5.53. The second-order valence-corrected chi connectivity index (χ2v) is 5.51. The molecule has 5 heteroatoms. The Morgan fingerprint density at radius 1 is 0.640 bits per heavy atom. The number of hydrogen-bond acceptors (Lipinski definition) is 5. The lowest BCUT2D eigenvalue weighted by molar-refractivity contribution is 0.102. The molecule has 0 spiro atoms. The smallest absolute Gasteiger partial charge is 0.226 e. The van der Waals surface area contributed by atoms with Gasteiger partial charge in [0.1, 0.15) is 23.9 Å². The van der Waals surface area contributed by atoms with E-state index in [2.05, 4.69) is 9.97 Å². The first kappa shape index (κ1) is 15.4. The standard InChI is InChI=1S/C20H16N2O3/c1-3-7-15(8-4-1)19-21-17(13-24-19)11-23-12-18-14-25-20(22-18)16-9-5-2-6-10-16/h1-10,13-14H,11-12H2. The van der Waals surface area contributed by atoms with Crippen LogP contribution in [0.5, 0.6) is 0 Å². The van der Waals surface area contributed by atoms with E-state index in [1.807, 2.05) is 60.7 Å². The largest absolute Gasteiger partial charge is 0.444 e. The Morgan fingerprint density at radius 2 is 1.08 bits per heavy atom. The Hall–Kier alpha value is -3.18. The molecule has 0 saturated heterocycles. The lowest BCUT2D eigenvalue weighted by Crippen LogP contribution is -1.95. The summed E-state index contributed by atoms with van der Waals surface area (Å²) in [5.74, 6) is 1.18. The Kier molecular flexibility index (Phi) is 4.39. The summed E-state index contributed by atoms with van der Waals surface area (Å²) in [4.78, 5) is 8.86. The van der Waals surface area contributed by atoms with Crippen LogP contribution in [0.2, 0.25) is 0 Å². The molecule has 0 aliphatic rings. The van der Waals surface area contributed by atoms with Gasteiger partial charge in [-0.05, 0) is 24.3 Å². The van der Waals surface area contributed by atoms with Gasteiger partial charge in [-0.15, -0.1) is 0 Å².